The zero-order chi connectivity index (χ0) is 8.27. The largest absolute Gasteiger partial charge is 0.390 e. The normalized spacial score (nSPS) is 10.0. The van der Waals surface area contributed by atoms with Crippen molar-refractivity contribution < 1.29 is 10.2 Å². The number of hydrogen-bond acceptors (Lipinski definition) is 4. The first kappa shape index (κ1) is 7.90. The van der Waals surface area contributed by atoms with E-state index in [0.29, 0.717) is 0 Å². The number of nitrogens with zero attached hydrogens (tertiary/aromatic N) is 1. The van der Waals surface area contributed by atoms with E-state index in [4.69, 9.17) is 10.2 Å². The summed E-state index contributed by atoms with van der Waals surface area (Å²) in [4.78, 5) is 16.7. The maximum Gasteiger partial charge on any atom is 0.251 e. The first-order chi connectivity index (χ1) is 5.26. The minimum Gasteiger partial charge on any atom is -0.390 e. The number of aromatic amines is 1. The minimum atomic E-state index is -0.367. The maximum atomic E-state index is 10.7. The monoisotopic (exact) mass is 156 g/mol. The van der Waals surface area contributed by atoms with Crippen molar-refractivity contribution in [1.82, 2.24) is 9.97 Å². The minimum absolute atomic E-state index is 0.168. The summed E-state index contributed by atoms with van der Waals surface area (Å²) < 4.78 is 0. The van der Waals surface area contributed by atoms with Crippen molar-refractivity contribution in [3.05, 3.63) is 27.9 Å². The molecule has 0 aliphatic rings. The van der Waals surface area contributed by atoms with E-state index in [0.717, 1.165) is 0 Å². The molecule has 0 bridgehead atoms. The molecule has 1 aromatic heterocycles. The Balaban J connectivity index is 3.12. The summed E-state index contributed by atoms with van der Waals surface area (Å²) in [5, 5.41) is 17.2. The van der Waals surface area contributed by atoms with Crippen LogP contribution in [-0.4, -0.2) is 20.2 Å². The van der Waals surface area contributed by atoms with Crippen molar-refractivity contribution >= 4 is 0 Å². The number of aliphatic hydroxyl groups excluding tert-OH is 2. The zero-order valence-electron chi connectivity index (χ0n) is 5.74. The summed E-state index contributed by atoms with van der Waals surface area (Å²) in [6, 6.07) is 1.18. The van der Waals surface area contributed by atoms with Crippen LogP contribution >= 0.6 is 0 Å². The van der Waals surface area contributed by atoms with E-state index in [9.17, 15) is 4.79 Å². The average molecular weight is 156 g/mol. The van der Waals surface area contributed by atoms with Crippen LogP contribution in [0, 0.1) is 0 Å². The second-order valence-corrected chi connectivity index (χ2v) is 2.00. The van der Waals surface area contributed by atoms with E-state index in [2.05, 4.69) is 9.97 Å². The second kappa shape index (κ2) is 3.27. The molecular weight excluding hydrogens is 148 g/mol. The molecule has 5 nitrogen and oxygen atoms in total. The number of aliphatic hydroxyl groups is 2. The van der Waals surface area contributed by atoms with Gasteiger partial charge in [0.1, 0.15) is 12.4 Å². The molecule has 0 unspecified atom stereocenters. The van der Waals surface area contributed by atoms with Crippen LogP contribution in [0.5, 0.6) is 0 Å². The molecule has 0 aliphatic carbocycles. The summed E-state index contributed by atoms with van der Waals surface area (Å²) >= 11 is 0. The van der Waals surface area contributed by atoms with Gasteiger partial charge in [-0.3, -0.25) is 4.79 Å². The molecule has 3 N–H and O–H groups in total. The standard InChI is InChI=1S/C6H8N2O3/c9-2-4-1-6(11)8-5(3-10)7-4/h1,9-10H,2-3H2,(H,7,8,11). The molecule has 0 amide bonds. The lowest BCUT2D eigenvalue weighted by molar-refractivity contribution is 0.260. The molecule has 0 spiro atoms. The van der Waals surface area contributed by atoms with Gasteiger partial charge in [0, 0.05) is 6.07 Å². The van der Waals surface area contributed by atoms with Crippen LogP contribution in [0.1, 0.15) is 11.5 Å². The quantitative estimate of drug-likeness (QED) is 0.499. The fraction of sp³-hybridized carbons (Fsp3) is 0.333. The molecule has 0 saturated heterocycles. The Labute approximate surface area is 62.4 Å². The Morgan fingerprint density at radius 1 is 1.45 bits per heavy atom. The molecule has 0 aliphatic heterocycles. The lowest BCUT2D eigenvalue weighted by Crippen LogP contribution is -2.12. The Morgan fingerprint density at radius 3 is 2.73 bits per heavy atom. The molecule has 11 heavy (non-hydrogen) atoms. The lowest BCUT2D eigenvalue weighted by atomic mass is 10.4. The number of rotatable bonds is 2. The van der Waals surface area contributed by atoms with E-state index in [1.807, 2.05) is 0 Å². The van der Waals surface area contributed by atoms with E-state index >= 15 is 0 Å². The molecule has 0 atom stereocenters. The van der Waals surface area contributed by atoms with Gasteiger partial charge in [0.2, 0.25) is 0 Å². The molecule has 5 heteroatoms. The van der Waals surface area contributed by atoms with Gasteiger partial charge >= 0.3 is 0 Å². The van der Waals surface area contributed by atoms with Gasteiger partial charge in [-0.25, -0.2) is 4.98 Å². The first-order valence-electron chi connectivity index (χ1n) is 3.07. The van der Waals surface area contributed by atoms with Gasteiger partial charge in [0.25, 0.3) is 5.56 Å². The van der Waals surface area contributed by atoms with Crippen LogP contribution < -0.4 is 5.56 Å². The van der Waals surface area contributed by atoms with Crippen molar-refractivity contribution in [2.45, 2.75) is 13.2 Å². The van der Waals surface area contributed by atoms with Crippen LogP contribution in [-0.2, 0) is 13.2 Å². The average Bonchev–Trinajstić information content (AvgIpc) is 2.03. The Kier molecular flexibility index (Phi) is 2.35. The number of nitrogens with one attached hydrogen (secondary N) is 1. The summed E-state index contributed by atoms with van der Waals surface area (Å²) in [5.74, 6) is 0.168. The van der Waals surface area contributed by atoms with E-state index in [-0.39, 0.29) is 30.3 Å². The molecule has 1 aromatic rings. The highest BCUT2D eigenvalue weighted by molar-refractivity contribution is 5.00. The highest BCUT2D eigenvalue weighted by Crippen LogP contribution is 1.90. The fourth-order valence-electron chi connectivity index (χ4n) is 0.719. The lowest BCUT2D eigenvalue weighted by Gasteiger charge is -1.96. The highest BCUT2D eigenvalue weighted by atomic mass is 16.3. The van der Waals surface area contributed by atoms with E-state index in [1.54, 1.807) is 0 Å². The highest BCUT2D eigenvalue weighted by Gasteiger charge is 1.97. The molecule has 0 aromatic carbocycles. The molecule has 60 valence electrons. The molecular formula is C6H8N2O3. The molecule has 0 fully saturated rings. The third-order valence-electron chi connectivity index (χ3n) is 1.16. The molecule has 1 heterocycles. The van der Waals surface area contributed by atoms with Crippen molar-refractivity contribution in [3.8, 4) is 0 Å². The first-order valence-corrected chi connectivity index (χ1v) is 3.07. The summed E-state index contributed by atoms with van der Waals surface area (Å²) in [6.07, 6.45) is 0. The molecule has 0 saturated carbocycles. The summed E-state index contributed by atoms with van der Waals surface area (Å²) in [7, 11) is 0. The second-order valence-electron chi connectivity index (χ2n) is 2.00. The third kappa shape index (κ3) is 1.86. The van der Waals surface area contributed by atoms with Crippen LogP contribution in [0.4, 0.5) is 0 Å². The van der Waals surface area contributed by atoms with Crippen molar-refractivity contribution in [1.29, 1.82) is 0 Å². The maximum absolute atomic E-state index is 10.7. The van der Waals surface area contributed by atoms with Gasteiger partial charge in [-0.2, -0.15) is 0 Å². The van der Waals surface area contributed by atoms with Crippen LogP contribution in [0.15, 0.2) is 10.9 Å². The Morgan fingerprint density at radius 2 is 2.18 bits per heavy atom. The Bertz CT molecular complexity index is 269. The number of hydrogen-bond donors (Lipinski definition) is 3. The van der Waals surface area contributed by atoms with Gasteiger partial charge in [-0.1, -0.05) is 0 Å². The van der Waals surface area contributed by atoms with Crippen molar-refractivity contribution in [2.75, 3.05) is 0 Å². The number of aromatic nitrogens is 2. The van der Waals surface area contributed by atoms with Gasteiger partial charge in [0.15, 0.2) is 0 Å². The smallest absolute Gasteiger partial charge is 0.251 e. The van der Waals surface area contributed by atoms with Gasteiger partial charge in [0.05, 0.1) is 12.3 Å². The SMILES string of the molecule is O=c1cc(CO)nc(CO)[nH]1. The van der Waals surface area contributed by atoms with Crippen LogP contribution in [0.2, 0.25) is 0 Å². The zero-order valence-corrected chi connectivity index (χ0v) is 5.74. The summed E-state index contributed by atoms with van der Waals surface area (Å²) in [6.45, 7) is -0.625. The van der Waals surface area contributed by atoms with E-state index in [1.165, 1.54) is 6.07 Å². The molecule has 1 rings (SSSR count). The third-order valence-corrected chi connectivity index (χ3v) is 1.16. The van der Waals surface area contributed by atoms with Crippen LogP contribution in [0.25, 0.3) is 0 Å². The predicted molar refractivity (Wildman–Crippen MR) is 36.7 cm³/mol. The predicted octanol–water partition coefficient (Wildman–Crippen LogP) is -1.25. The van der Waals surface area contributed by atoms with Crippen LogP contribution in [0.3, 0.4) is 0 Å². The molecule has 0 radical (unpaired) electrons. The summed E-state index contributed by atoms with van der Waals surface area (Å²) in [5.41, 5.74) is -0.106. The van der Waals surface area contributed by atoms with E-state index < -0.39 is 0 Å². The van der Waals surface area contributed by atoms with Crippen molar-refractivity contribution in [3.63, 3.8) is 0 Å². The van der Waals surface area contributed by atoms with Gasteiger partial charge < -0.3 is 15.2 Å². The Hall–Kier alpha value is -1.20. The fourth-order valence-corrected chi connectivity index (χ4v) is 0.719. The van der Waals surface area contributed by atoms with Crippen molar-refractivity contribution in [2.24, 2.45) is 0 Å². The number of H-pyrrole nitrogens is 1. The van der Waals surface area contributed by atoms with Gasteiger partial charge in [-0.05, 0) is 0 Å². The van der Waals surface area contributed by atoms with Gasteiger partial charge in [-0.15, -0.1) is 0 Å². The topological polar surface area (TPSA) is 86.2 Å².